The summed E-state index contributed by atoms with van der Waals surface area (Å²) in [5, 5.41) is 9.33. The predicted octanol–water partition coefficient (Wildman–Crippen LogP) is 0.662. The van der Waals surface area contributed by atoms with Crippen LogP contribution in [-0.2, 0) is 0 Å². The van der Waals surface area contributed by atoms with Gasteiger partial charge in [0.1, 0.15) is 0 Å². The molecule has 0 radical (unpaired) electrons. The van der Waals surface area contributed by atoms with Gasteiger partial charge in [-0.25, -0.2) is 0 Å². The van der Waals surface area contributed by atoms with E-state index >= 15 is 0 Å². The van der Waals surface area contributed by atoms with Crippen LogP contribution in [0.3, 0.4) is 0 Å². The molecule has 0 heterocycles. The molecule has 0 aliphatic heterocycles. The molecule has 0 aromatic rings. The zero-order valence-corrected chi connectivity index (χ0v) is 8.15. The van der Waals surface area contributed by atoms with Crippen LogP contribution in [-0.4, -0.2) is 30.8 Å². The van der Waals surface area contributed by atoms with Gasteiger partial charge in [0.2, 0.25) is 0 Å². The van der Waals surface area contributed by atoms with Gasteiger partial charge in [0, 0.05) is 0 Å². The van der Waals surface area contributed by atoms with Crippen LogP contribution >= 0.6 is 7.14 Å². The second-order valence-electron chi connectivity index (χ2n) is 4.29. The minimum absolute atomic E-state index is 0.335. The minimum atomic E-state index is -1.32. The molecule has 0 aliphatic carbocycles. The molecular formula is C6H18BOP. The van der Waals surface area contributed by atoms with E-state index < -0.39 is 7.14 Å². The molecule has 1 nitrogen and oxygen atoms in total. The second kappa shape index (κ2) is 2.60. The van der Waals surface area contributed by atoms with Gasteiger partial charge in [-0.1, -0.05) is 0 Å². The van der Waals surface area contributed by atoms with Crippen molar-refractivity contribution in [3.63, 3.8) is 0 Å². The van der Waals surface area contributed by atoms with Gasteiger partial charge in [0.25, 0.3) is 0 Å². The maximum atomic E-state index is 8.99. The summed E-state index contributed by atoms with van der Waals surface area (Å²) < 4.78 is 0. The van der Waals surface area contributed by atoms with Crippen LogP contribution in [0.5, 0.6) is 0 Å². The van der Waals surface area contributed by atoms with E-state index in [1.807, 2.05) is 0 Å². The van der Waals surface area contributed by atoms with Gasteiger partial charge >= 0.3 is 58.8 Å². The molecule has 0 aromatic carbocycles. The Hall–Kier alpha value is 0.455. The summed E-state index contributed by atoms with van der Waals surface area (Å²) in [5.41, 5.74) is 0. The van der Waals surface area contributed by atoms with Gasteiger partial charge in [-0.2, -0.15) is 0 Å². The van der Waals surface area contributed by atoms with E-state index in [2.05, 4.69) is 35.0 Å². The third-order valence-electron chi connectivity index (χ3n) is 2.43. The molecule has 0 bridgehead atoms. The first-order chi connectivity index (χ1) is 3.81. The summed E-state index contributed by atoms with van der Waals surface area (Å²) >= 11 is 0. The third-order valence-corrected chi connectivity index (χ3v) is 7.28. The first kappa shape index (κ1) is 9.45. The molecule has 0 aromatic heterocycles. The monoisotopic (exact) mass is 148 g/mol. The van der Waals surface area contributed by atoms with E-state index in [1.165, 1.54) is 0 Å². The molecule has 0 rings (SSSR count). The number of aliphatic hydroxyl groups excluding tert-OH is 1. The first-order valence-corrected chi connectivity index (χ1v) is 6.63. The predicted molar refractivity (Wildman–Crippen MR) is 49.6 cm³/mol. The summed E-state index contributed by atoms with van der Waals surface area (Å²) in [5.74, 6) is 0. The molecule has 0 unspecified atom stereocenters. The van der Waals surface area contributed by atoms with Gasteiger partial charge in [0.05, 0.1) is 0 Å². The Morgan fingerprint density at radius 1 is 1.44 bits per heavy atom. The van der Waals surface area contributed by atoms with Crippen molar-refractivity contribution in [3.05, 3.63) is 0 Å². The molecule has 1 N–H and O–H groups in total. The van der Waals surface area contributed by atoms with Gasteiger partial charge in [-0.3, -0.25) is 0 Å². The number of hydrogen-bond acceptors (Lipinski definition) is 1. The van der Waals surface area contributed by atoms with E-state index in [1.54, 1.807) is 0 Å². The number of hydrogen-bond donors (Lipinski definition) is 1. The molecule has 0 saturated carbocycles. The quantitative estimate of drug-likeness (QED) is 0.427. The fourth-order valence-corrected chi connectivity index (χ4v) is 0.712. The van der Waals surface area contributed by atoms with Crippen molar-refractivity contribution in [1.82, 2.24) is 0 Å². The van der Waals surface area contributed by atoms with E-state index in [9.17, 15) is 0 Å². The summed E-state index contributed by atoms with van der Waals surface area (Å²) in [6.07, 6.45) is 0.399. The second-order valence-corrected chi connectivity index (χ2v) is 9.88. The first-order valence-electron chi connectivity index (χ1n) is 3.42. The van der Waals surface area contributed by atoms with Gasteiger partial charge < -0.3 is 0 Å². The summed E-state index contributed by atoms with van der Waals surface area (Å²) in [7, 11) is 0.892. The Labute approximate surface area is 59.6 Å². The Bertz CT molecular complexity index is 95.7. The standard InChI is InChI=1S/C6H18BOP/c1-6(2,3)9(4,7)5-8/h8-9H,5,7H2,1-4H3. The zero-order valence-electron chi connectivity index (χ0n) is 7.15. The Balaban J connectivity index is 4.14. The van der Waals surface area contributed by atoms with Crippen molar-refractivity contribution in [3.8, 4) is 0 Å². The van der Waals surface area contributed by atoms with Gasteiger partial charge in [-0.05, 0) is 0 Å². The molecule has 0 saturated heterocycles. The van der Waals surface area contributed by atoms with Crippen molar-refractivity contribution >= 4 is 14.7 Å². The van der Waals surface area contributed by atoms with Crippen LogP contribution in [0, 0.1) is 0 Å². The van der Waals surface area contributed by atoms with E-state index in [-0.39, 0.29) is 0 Å². The summed E-state index contributed by atoms with van der Waals surface area (Å²) in [6.45, 7) is 8.83. The SMILES string of the molecule is B[PH](C)(CO)C(C)(C)C. The molecule has 0 fully saturated rings. The number of aliphatic hydroxyl groups is 1. The molecule has 56 valence electrons. The molecule has 3 heteroatoms. The molecule has 0 amide bonds. The average Bonchev–Trinajstić information content (AvgIpc) is 1.64. The Morgan fingerprint density at radius 3 is 1.78 bits per heavy atom. The zero-order chi connectivity index (χ0) is 7.71. The van der Waals surface area contributed by atoms with Crippen molar-refractivity contribution in [2.75, 3.05) is 13.0 Å². The molecular weight excluding hydrogens is 130 g/mol. The number of rotatable bonds is 1. The fourth-order valence-electron chi connectivity index (χ4n) is 0.237. The van der Waals surface area contributed by atoms with Crippen molar-refractivity contribution in [2.45, 2.75) is 25.9 Å². The summed E-state index contributed by atoms with van der Waals surface area (Å²) in [4.78, 5) is 0. The van der Waals surface area contributed by atoms with E-state index in [0.717, 1.165) is 0 Å². The molecule has 0 spiro atoms. The van der Waals surface area contributed by atoms with Crippen LogP contribution in [0.25, 0.3) is 0 Å². The van der Waals surface area contributed by atoms with Crippen LogP contribution in [0.1, 0.15) is 20.8 Å². The molecule has 0 atom stereocenters. The van der Waals surface area contributed by atoms with Gasteiger partial charge in [0.15, 0.2) is 0 Å². The van der Waals surface area contributed by atoms with Crippen LogP contribution < -0.4 is 0 Å². The normalized spacial score (nSPS) is 15.7. The van der Waals surface area contributed by atoms with E-state index in [4.69, 9.17) is 5.11 Å². The van der Waals surface area contributed by atoms with Crippen LogP contribution in [0.2, 0.25) is 0 Å². The van der Waals surface area contributed by atoms with Crippen LogP contribution in [0.15, 0.2) is 0 Å². The van der Waals surface area contributed by atoms with E-state index in [0.29, 0.717) is 11.5 Å². The van der Waals surface area contributed by atoms with Crippen molar-refractivity contribution in [1.29, 1.82) is 0 Å². The summed E-state index contributed by atoms with van der Waals surface area (Å²) in [6, 6.07) is 0. The molecule has 0 aliphatic rings. The third kappa shape index (κ3) is 2.27. The Kier molecular flexibility index (Phi) is 2.73. The van der Waals surface area contributed by atoms with Gasteiger partial charge in [-0.15, -0.1) is 0 Å². The van der Waals surface area contributed by atoms with Crippen molar-refractivity contribution in [2.24, 2.45) is 0 Å². The fraction of sp³-hybridized carbons (Fsp3) is 1.00. The van der Waals surface area contributed by atoms with Crippen LogP contribution in [0.4, 0.5) is 0 Å². The topological polar surface area (TPSA) is 20.2 Å². The maximum absolute atomic E-state index is 8.99. The Morgan fingerprint density at radius 2 is 1.78 bits per heavy atom. The average molecular weight is 148 g/mol. The molecule has 9 heavy (non-hydrogen) atoms. The van der Waals surface area contributed by atoms with Crippen molar-refractivity contribution < 1.29 is 5.11 Å².